The van der Waals surface area contributed by atoms with Crippen molar-refractivity contribution in [3.05, 3.63) is 65.4 Å². The molecule has 1 N–H and O–H groups in total. The maximum absolute atomic E-state index is 12.9. The van der Waals surface area contributed by atoms with Crippen molar-refractivity contribution >= 4 is 16.8 Å². The normalized spacial score (nSPS) is 13.4. The van der Waals surface area contributed by atoms with E-state index in [0.717, 1.165) is 35.0 Å². The van der Waals surface area contributed by atoms with E-state index in [1.807, 2.05) is 48.5 Å². The number of fused-ring (bicyclic) bond motifs is 1. The first-order chi connectivity index (χ1) is 13.7. The van der Waals surface area contributed by atoms with Gasteiger partial charge in [0, 0.05) is 23.5 Å². The van der Waals surface area contributed by atoms with Crippen molar-refractivity contribution in [1.29, 1.82) is 0 Å². The lowest BCUT2D eigenvalue weighted by Gasteiger charge is -2.11. The summed E-state index contributed by atoms with van der Waals surface area (Å²) in [5.41, 5.74) is 3.71. The van der Waals surface area contributed by atoms with Gasteiger partial charge in [-0.3, -0.25) is 9.78 Å². The number of methoxy groups -OCH3 is 2. The largest absolute Gasteiger partial charge is 0.493 e. The molecule has 1 aliphatic rings. The minimum atomic E-state index is -0.0547. The summed E-state index contributed by atoms with van der Waals surface area (Å²) in [7, 11) is 3.24. The number of benzene rings is 2. The van der Waals surface area contributed by atoms with Crippen molar-refractivity contribution in [3.63, 3.8) is 0 Å². The molecule has 1 amide bonds. The molecule has 1 fully saturated rings. The highest BCUT2D eigenvalue weighted by molar-refractivity contribution is 6.06. The van der Waals surface area contributed by atoms with Crippen molar-refractivity contribution in [3.8, 4) is 11.5 Å². The van der Waals surface area contributed by atoms with Crippen LogP contribution in [0.5, 0.6) is 11.5 Å². The fraction of sp³-hybridized carbons (Fsp3) is 0.304. The van der Waals surface area contributed by atoms with Gasteiger partial charge in [0.25, 0.3) is 5.91 Å². The monoisotopic (exact) mass is 376 g/mol. The Kier molecular flexibility index (Phi) is 5.15. The topological polar surface area (TPSA) is 60.5 Å². The van der Waals surface area contributed by atoms with Crippen LogP contribution in [0.3, 0.4) is 0 Å². The van der Waals surface area contributed by atoms with E-state index in [1.54, 1.807) is 14.2 Å². The molecule has 0 unspecified atom stereocenters. The second kappa shape index (κ2) is 7.89. The molecule has 1 aromatic heterocycles. The highest BCUT2D eigenvalue weighted by atomic mass is 16.5. The SMILES string of the molecule is COc1ccc(CCNC(=O)c2cc(C3CC3)nc3ccccc23)cc1OC. The van der Waals surface area contributed by atoms with Gasteiger partial charge in [-0.15, -0.1) is 0 Å². The molecule has 5 heteroatoms. The number of aromatic nitrogens is 1. The smallest absolute Gasteiger partial charge is 0.252 e. The summed E-state index contributed by atoms with van der Waals surface area (Å²) in [5.74, 6) is 1.84. The first-order valence-corrected chi connectivity index (χ1v) is 9.58. The number of hydrogen-bond acceptors (Lipinski definition) is 4. The van der Waals surface area contributed by atoms with Gasteiger partial charge in [0.1, 0.15) is 0 Å². The summed E-state index contributed by atoms with van der Waals surface area (Å²) < 4.78 is 10.6. The van der Waals surface area contributed by atoms with Crippen LogP contribution in [0, 0.1) is 0 Å². The molecule has 1 saturated carbocycles. The van der Waals surface area contributed by atoms with E-state index >= 15 is 0 Å². The highest BCUT2D eigenvalue weighted by Crippen LogP contribution is 2.40. The fourth-order valence-corrected chi connectivity index (χ4v) is 3.42. The Morgan fingerprint density at radius 2 is 1.86 bits per heavy atom. The highest BCUT2D eigenvalue weighted by Gasteiger charge is 2.26. The predicted molar refractivity (Wildman–Crippen MR) is 109 cm³/mol. The van der Waals surface area contributed by atoms with E-state index in [-0.39, 0.29) is 5.91 Å². The molecular formula is C23H24N2O3. The molecule has 3 aromatic rings. The molecule has 0 spiro atoms. The fourth-order valence-electron chi connectivity index (χ4n) is 3.42. The molecule has 0 atom stereocenters. The van der Waals surface area contributed by atoms with Crippen molar-refractivity contribution in [2.45, 2.75) is 25.2 Å². The third-order valence-corrected chi connectivity index (χ3v) is 5.12. The van der Waals surface area contributed by atoms with Gasteiger partial charge >= 0.3 is 0 Å². The molecule has 2 aromatic carbocycles. The molecular weight excluding hydrogens is 352 g/mol. The Hall–Kier alpha value is -3.08. The van der Waals surface area contributed by atoms with Crippen LogP contribution >= 0.6 is 0 Å². The first-order valence-electron chi connectivity index (χ1n) is 9.58. The number of hydrogen-bond donors (Lipinski definition) is 1. The van der Waals surface area contributed by atoms with Gasteiger partial charge in [0.2, 0.25) is 0 Å². The molecule has 0 radical (unpaired) electrons. The summed E-state index contributed by atoms with van der Waals surface area (Å²) in [6.07, 6.45) is 3.03. The predicted octanol–water partition coefficient (Wildman–Crippen LogP) is 4.10. The van der Waals surface area contributed by atoms with Crippen molar-refractivity contribution in [1.82, 2.24) is 10.3 Å². The molecule has 0 saturated heterocycles. The van der Waals surface area contributed by atoms with Gasteiger partial charge in [-0.25, -0.2) is 0 Å². The van der Waals surface area contributed by atoms with Crippen molar-refractivity contribution in [2.75, 3.05) is 20.8 Å². The van der Waals surface area contributed by atoms with Crippen LogP contribution in [0.25, 0.3) is 10.9 Å². The summed E-state index contributed by atoms with van der Waals surface area (Å²) in [6.45, 7) is 0.545. The van der Waals surface area contributed by atoms with Crippen molar-refractivity contribution < 1.29 is 14.3 Å². The zero-order valence-corrected chi connectivity index (χ0v) is 16.2. The zero-order valence-electron chi connectivity index (χ0n) is 16.2. The minimum Gasteiger partial charge on any atom is -0.493 e. The Bertz CT molecular complexity index is 1010. The molecule has 1 heterocycles. The number of para-hydroxylation sites is 1. The first kappa shape index (κ1) is 18.3. The average Bonchev–Trinajstić information content (AvgIpc) is 3.58. The molecule has 1 aliphatic carbocycles. The van der Waals surface area contributed by atoms with E-state index in [0.29, 0.717) is 35.9 Å². The molecule has 28 heavy (non-hydrogen) atoms. The number of nitrogens with one attached hydrogen (secondary N) is 1. The maximum Gasteiger partial charge on any atom is 0.252 e. The lowest BCUT2D eigenvalue weighted by Crippen LogP contribution is -2.26. The van der Waals surface area contributed by atoms with E-state index in [1.165, 1.54) is 0 Å². The van der Waals surface area contributed by atoms with Gasteiger partial charge in [-0.1, -0.05) is 24.3 Å². The Morgan fingerprint density at radius 3 is 2.61 bits per heavy atom. The lowest BCUT2D eigenvalue weighted by atomic mass is 10.1. The standard InChI is InChI=1S/C23H24N2O3/c1-27-21-10-7-15(13-22(21)28-2)11-12-24-23(26)18-14-20(16-8-9-16)25-19-6-4-3-5-17(18)19/h3-7,10,13-14,16H,8-9,11-12H2,1-2H3,(H,24,26). The maximum atomic E-state index is 12.9. The minimum absolute atomic E-state index is 0.0547. The van der Waals surface area contributed by atoms with Gasteiger partial charge < -0.3 is 14.8 Å². The van der Waals surface area contributed by atoms with Gasteiger partial charge in [-0.05, 0) is 49.1 Å². The van der Waals surface area contributed by atoms with Crippen LogP contribution in [-0.2, 0) is 6.42 Å². The summed E-state index contributed by atoms with van der Waals surface area (Å²) in [5, 5.41) is 3.95. The Morgan fingerprint density at radius 1 is 1.07 bits per heavy atom. The summed E-state index contributed by atoms with van der Waals surface area (Å²) in [4.78, 5) is 17.6. The van der Waals surface area contributed by atoms with E-state index in [2.05, 4.69) is 5.32 Å². The number of ether oxygens (including phenoxy) is 2. The van der Waals surface area contributed by atoms with E-state index < -0.39 is 0 Å². The van der Waals surface area contributed by atoms with Crippen LogP contribution in [-0.4, -0.2) is 31.7 Å². The van der Waals surface area contributed by atoms with Crippen LogP contribution in [0.1, 0.15) is 40.4 Å². The summed E-state index contributed by atoms with van der Waals surface area (Å²) in [6, 6.07) is 15.6. The van der Waals surface area contributed by atoms with Crippen LogP contribution in [0.15, 0.2) is 48.5 Å². The third-order valence-electron chi connectivity index (χ3n) is 5.12. The van der Waals surface area contributed by atoms with E-state index in [9.17, 15) is 4.79 Å². The average molecular weight is 376 g/mol. The number of carbonyl (C=O) groups is 1. The number of pyridine rings is 1. The lowest BCUT2D eigenvalue weighted by molar-refractivity contribution is 0.0955. The second-order valence-electron chi connectivity index (χ2n) is 7.08. The molecule has 0 bridgehead atoms. The zero-order chi connectivity index (χ0) is 19.5. The van der Waals surface area contributed by atoms with Gasteiger partial charge in [0.15, 0.2) is 11.5 Å². The molecule has 0 aliphatic heterocycles. The summed E-state index contributed by atoms with van der Waals surface area (Å²) >= 11 is 0. The molecule has 4 rings (SSSR count). The van der Waals surface area contributed by atoms with Gasteiger partial charge in [0.05, 0.1) is 25.3 Å². The van der Waals surface area contributed by atoms with E-state index in [4.69, 9.17) is 14.5 Å². The molecule has 144 valence electrons. The third kappa shape index (κ3) is 3.79. The number of rotatable bonds is 7. The number of nitrogens with zero attached hydrogens (tertiary/aromatic N) is 1. The Balaban J connectivity index is 1.48. The van der Waals surface area contributed by atoms with Crippen LogP contribution in [0.4, 0.5) is 0 Å². The number of carbonyl (C=O) groups excluding carboxylic acids is 1. The molecule has 5 nitrogen and oxygen atoms in total. The van der Waals surface area contributed by atoms with Crippen LogP contribution in [0.2, 0.25) is 0 Å². The number of amides is 1. The van der Waals surface area contributed by atoms with Crippen LogP contribution < -0.4 is 14.8 Å². The Labute approximate surface area is 164 Å². The van der Waals surface area contributed by atoms with Crippen molar-refractivity contribution in [2.24, 2.45) is 0 Å². The second-order valence-corrected chi connectivity index (χ2v) is 7.08. The quantitative estimate of drug-likeness (QED) is 0.674. The van der Waals surface area contributed by atoms with Gasteiger partial charge in [-0.2, -0.15) is 0 Å².